The number of amides is 1. The Balaban J connectivity index is 1.66. The fraction of sp³-hybridized carbons (Fsp3) is 0.158. The second kappa shape index (κ2) is 7.00. The molecule has 2 heterocycles. The van der Waals surface area contributed by atoms with Crippen molar-refractivity contribution in [1.29, 1.82) is 0 Å². The highest BCUT2D eigenvalue weighted by atomic mass is 16.1. The van der Waals surface area contributed by atoms with Crippen molar-refractivity contribution in [3.05, 3.63) is 77.5 Å². The SMILES string of the molecule is Cc1ccc(CNC(=O)c2ccc(-c3cncnc3)nc2)cc1C. The van der Waals surface area contributed by atoms with Gasteiger partial charge in [0.25, 0.3) is 5.91 Å². The van der Waals surface area contributed by atoms with Crippen LogP contribution >= 0.6 is 0 Å². The van der Waals surface area contributed by atoms with Crippen molar-refractivity contribution in [2.45, 2.75) is 20.4 Å². The predicted octanol–water partition coefficient (Wildman–Crippen LogP) is 3.09. The molecule has 3 rings (SSSR count). The monoisotopic (exact) mass is 318 g/mol. The van der Waals surface area contributed by atoms with E-state index in [0.29, 0.717) is 12.1 Å². The molecule has 0 saturated carbocycles. The van der Waals surface area contributed by atoms with Crippen LogP contribution in [0.1, 0.15) is 27.0 Å². The normalized spacial score (nSPS) is 10.4. The van der Waals surface area contributed by atoms with Crippen LogP contribution in [-0.4, -0.2) is 20.9 Å². The Kier molecular flexibility index (Phi) is 4.61. The minimum atomic E-state index is -0.142. The number of aromatic nitrogens is 3. The van der Waals surface area contributed by atoms with Gasteiger partial charge in [-0.3, -0.25) is 9.78 Å². The summed E-state index contributed by atoms with van der Waals surface area (Å²) in [6.45, 7) is 4.63. The predicted molar refractivity (Wildman–Crippen MR) is 92.3 cm³/mol. The van der Waals surface area contributed by atoms with Crippen LogP contribution in [0, 0.1) is 13.8 Å². The highest BCUT2D eigenvalue weighted by Gasteiger charge is 2.07. The number of benzene rings is 1. The Morgan fingerprint density at radius 2 is 1.79 bits per heavy atom. The van der Waals surface area contributed by atoms with Crippen LogP contribution in [0.25, 0.3) is 11.3 Å². The molecule has 0 bridgehead atoms. The molecule has 0 radical (unpaired) electrons. The van der Waals surface area contributed by atoms with Crippen LogP contribution in [-0.2, 0) is 6.54 Å². The van der Waals surface area contributed by atoms with Gasteiger partial charge in [-0.2, -0.15) is 0 Å². The number of rotatable bonds is 4. The van der Waals surface area contributed by atoms with Crippen molar-refractivity contribution in [2.75, 3.05) is 0 Å². The van der Waals surface area contributed by atoms with Gasteiger partial charge >= 0.3 is 0 Å². The molecule has 0 aliphatic rings. The Bertz CT molecular complexity index is 845. The summed E-state index contributed by atoms with van der Waals surface area (Å²) in [7, 11) is 0. The van der Waals surface area contributed by atoms with Gasteiger partial charge in [0.1, 0.15) is 6.33 Å². The zero-order valence-electron chi connectivity index (χ0n) is 13.7. The molecule has 5 heteroatoms. The zero-order valence-corrected chi connectivity index (χ0v) is 13.7. The van der Waals surface area contributed by atoms with E-state index in [-0.39, 0.29) is 5.91 Å². The molecule has 1 aromatic carbocycles. The molecular formula is C19H18N4O. The lowest BCUT2D eigenvalue weighted by atomic mass is 10.1. The van der Waals surface area contributed by atoms with Gasteiger partial charge in [0.05, 0.1) is 11.3 Å². The highest BCUT2D eigenvalue weighted by molar-refractivity contribution is 5.94. The van der Waals surface area contributed by atoms with Crippen LogP contribution in [0.15, 0.2) is 55.2 Å². The van der Waals surface area contributed by atoms with E-state index < -0.39 is 0 Å². The average molecular weight is 318 g/mol. The lowest BCUT2D eigenvalue weighted by molar-refractivity contribution is 0.0950. The summed E-state index contributed by atoms with van der Waals surface area (Å²) in [6.07, 6.45) is 6.42. The van der Waals surface area contributed by atoms with Gasteiger partial charge in [0, 0.05) is 30.7 Å². The molecule has 3 aromatic rings. The summed E-state index contributed by atoms with van der Waals surface area (Å²) in [4.78, 5) is 24.5. The number of hydrogen-bond donors (Lipinski definition) is 1. The quantitative estimate of drug-likeness (QED) is 0.802. The number of pyridine rings is 1. The van der Waals surface area contributed by atoms with Crippen molar-refractivity contribution >= 4 is 5.91 Å². The summed E-state index contributed by atoms with van der Waals surface area (Å²) >= 11 is 0. The molecule has 0 saturated heterocycles. The molecule has 1 amide bonds. The first-order valence-electron chi connectivity index (χ1n) is 7.69. The molecular weight excluding hydrogens is 300 g/mol. The molecule has 120 valence electrons. The number of hydrogen-bond acceptors (Lipinski definition) is 4. The van der Waals surface area contributed by atoms with E-state index in [1.54, 1.807) is 30.7 Å². The topological polar surface area (TPSA) is 67.8 Å². The second-order valence-electron chi connectivity index (χ2n) is 5.66. The van der Waals surface area contributed by atoms with Gasteiger partial charge in [0.15, 0.2) is 0 Å². The molecule has 0 aliphatic heterocycles. The van der Waals surface area contributed by atoms with Gasteiger partial charge in [-0.05, 0) is 42.7 Å². The van der Waals surface area contributed by atoms with E-state index in [1.165, 1.54) is 17.5 Å². The fourth-order valence-electron chi connectivity index (χ4n) is 2.33. The van der Waals surface area contributed by atoms with Crippen molar-refractivity contribution in [3.63, 3.8) is 0 Å². The van der Waals surface area contributed by atoms with E-state index in [1.807, 2.05) is 6.07 Å². The molecule has 5 nitrogen and oxygen atoms in total. The lowest BCUT2D eigenvalue weighted by Crippen LogP contribution is -2.23. The smallest absolute Gasteiger partial charge is 0.253 e. The maximum Gasteiger partial charge on any atom is 0.253 e. The lowest BCUT2D eigenvalue weighted by Gasteiger charge is -2.08. The Morgan fingerprint density at radius 1 is 1.00 bits per heavy atom. The maximum absolute atomic E-state index is 12.2. The number of nitrogens with zero attached hydrogens (tertiary/aromatic N) is 3. The fourth-order valence-corrected chi connectivity index (χ4v) is 2.33. The van der Waals surface area contributed by atoms with Crippen molar-refractivity contribution < 1.29 is 4.79 Å². The molecule has 0 fully saturated rings. The van der Waals surface area contributed by atoms with Crippen molar-refractivity contribution in [2.24, 2.45) is 0 Å². The zero-order chi connectivity index (χ0) is 16.9. The molecule has 0 unspecified atom stereocenters. The van der Waals surface area contributed by atoms with Crippen molar-refractivity contribution in [1.82, 2.24) is 20.3 Å². The first-order valence-corrected chi connectivity index (χ1v) is 7.69. The van der Waals surface area contributed by atoms with Crippen LogP contribution in [0.5, 0.6) is 0 Å². The molecule has 1 N–H and O–H groups in total. The summed E-state index contributed by atoms with van der Waals surface area (Å²) in [6, 6.07) is 9.73. The Morgan fingerprint density at radius 3 is 2.46 bits per heavy atom. The molecule has 0 aliphatic carbocycles. The first kappa shape index (κ1) is 15.8. The number of nitrogens with one attached hydrogen (secondary N) is 1. The third kappa shape index (κ3) is 3.63. The minimum Gasteiger partial charge on any atom is -0.348 e. The second-order valence-corrected chi connectivity index (χ2v) is 5.66. The van der Waals surface area contributed by atoms with E-state index in [0.717, 1.165) is 16.8 Å². The Labute approximate surface area is 140 Å². The van der Waals surface area contributed by atoms with Crippen LogP contribution in [0.2, 0.25) is 0 Å². The molecule has 2 aromatic heterocycles. The van der Waals surface area contributed by atoms with E-state index in [2.05, 4.69) is 46.2 Å². The van der Waals surface area contributed by atoms with Gasteiger partial charge in [0.2, 0.25) is 0 Å². The van der Waals surface area contributed by atoms with Crippen LogP contribution in [0.3, 0.4) is 0 Å². The van der Waals surface area contributed by atoms with Gasteiger partial charge in [-0.25, -0.2) is 9.97 Å². The summed E-state index contributed by atoms with van der Waals surface area (Å²) in [5.74, 6) is -0.142. The third-order valence-corrected chi connectivity index (χ3v) is 3.91. The standard InChI is InChI=1S/C19H18N4O/c1-13-3-4-15(7-14(13)2)8-23-19(24)16-5-6-18(22-11-16)17-9-20-12-21-10-17/h3-7,9-12H,8H2,1-2H3,(H,23,24). The number of carbonyl (C=O) groups excluding carboxylic acids is 1. The molecule has 0 atom stereocenters. The minimum absolute atomic E-state index is 0.142. The van der Waals surface area contributed by atoms with Gasteiger partial charge < -0.3 is 5.32 Å². The summed E-state index contributed by atoms with van der Waals surface area (Å²) < 4.78 is 0. The molecule has 0 spiro atoms. The van der Waals surface area contributed by atoms with E-state index in [4.69, 9.17) is 0 Å². The van der Waals surface area contributed by atoms with Gasteiger partial charge in [-0.1, -0.05) is 18.2 Å². The first-order chi connectivity index (χ1) is 11.6. The van der Waals surface area contributed by atoms with E-state index >= 15 is 0 Å². The average Bonchev–Trinajstić information content (AvgIpc) is 2.63. The summed E-state index contributed by atoms with van der Waals surface area (Å²) in [5, 5.41) is 2.92. The largest absolute Gasteiger partial charge is 0.348 e. The molecule has 24 heavy (non-hydrogen) atoms. The summed E-state index contributed by atoms with van der Waals surface area (Å²) in [5.41, 5.74) is 5.63. The van der Waals surface area contributed by atoms with Crippen molar-refractivity contribution in [3.8, 4) is 11.3 Å². The number of aryl methyl sites for hydroxylation is 2. The van der Waals surface area contributed by atoms with Gasteiger partial charge in [-0.15, -0.1) is 0 Å². The van der Waals surface area contributed by atoms with Crippen LogP contribution in [0.4, 0.5) is 0 Å². The highest BCUT2D eigenvalue weighted by Crippen LogP contribution is 2.14. The van der Waals surface area contributed by atoms with Crippen LogP contribution < -0.4 is 5.32 Å². The maximum atomic E-state index is 12.2. The van der Waals surface area contributed by atoms with E-state index in [9.17, 15) is 4.79 Å². The Hall–Kier alpha value is -3.08. The number of carbonyl (C=O) groups is 1. The third-order valence-electron chi connectivity index (χ3n) is 3.91.